The van der Waals surface area contributed by atoms with E-state index in [1.54, 1.807) is 7.11 Å². The Morgan fingerprint density at radius 2 is 2.14 bits per heavy atom. The van der Waals surface area contributed by atoms with Crippen molar-refractivity contribution in [2.24, 2.45) is 0 Å². The Bertz CT molecular complexity index is 278. The lowest BCUT2D eigenvalue weighted by atomic mass is 10.2. The van der Waals surface area contributed by atoms with Gasteiger partial charge in [0.15, 0.2) is 0 Å². The van der Waals surface area contributed by atoms with Crippen molar-refractivity contribution < 1.29 is 4.74 Å². The quantitative estimate of drug-likeness (QED) is 0.811. The molecule has 0 saturated heterocycles. The summed E-state index contributed by atoms with van der Waals surface area (Å²) in [5, 5.41) is 4.09. The van der Waals surface area contributed by atoms with Crippen LogP contribution in [0.5, 0.6) is 0 Å². The molecule has 0 amide bonds. The number of para-hydroxylation sites is 1. The van der Waals surface area contributed by atoms with Crippen molar-refractivity contribution in [3.8, 4) is 0 Å². The highest BCUT2D eigenvalue weighted by Gasteiger charge is 2.06. The van der Waals surface area contributed by atoms with Crippen molar-refractivity contribution in [1.29, 1.82) is 0 Å². The minimum atomic E-state index is 0.319. The molecule has 0 bridgehead atoms. The van der Waals surface area contributed by atoms with Crippen molar-refractivity contribution in [2.45, 2.75) is 19.4 Å². The van der Waals surface area contributed by atoms with E-state index in [-0.39, 0.29) is 0 Å². The van der Waals surface area contributed by atoms with Gasteiger partial charge in [0.25, 0.3) is 0 Å². The van der Waals surface area contributed by atoms with Gasteiger partial charge in [-0.2, -0.15) is 0 Å². The van der Waals surface area contributed by atoms with Crippen LogP contribution >= 0.6 is 11.6 Å². The zero-order valence-corrected chi connectivity index (χ0v) is 9.34. The molecule has 1 aromatic rings. The van der Waals surface area contributed by atoms with Crippen LogP contribution in [0.3, 0.4) is 0 Å². The van der Waals surface area contributed by atoms with Crippen LogP contribution in [0.15, 0.2) is 24.3 Å². The lowest BCUT2D eigenvalue weighted by molar-refractivity contribution is 0.184. The standard InChI is InChI=1S/C11H16ClNO/c1-3-9(8-14-2)13-11-7-5-4-6-10(11)12/h4-7,9,13H,3,8H2,1-2H3. The maximum atomic E-state index is 6.02. The molecule has 1 unspecified atom stereocenters. The first kappa shape index (κ1) is 11.3. The number of hydrogen-bond acceptors (Lipinski definition) is 2. The molecule has 78 valence electrons. The smallest absolute Gasteiger partial charge is 0.0663 e. The molecule has 0 aliphatic heterocycles. The molecule has 1 aromatic carbocycles. The van der Waals surface area contributed by atoms with E-state index in [4.69, 9.17) is 16.3 Å². The zero-order chi connectivity index (χ0) is 10.4. The largest absolute Gasteiger partial charge is 0.383 e. The number of anilines is 1. The number of halogens is 1. The van der Waals surface area contributed by atoms with Crippen LogP contribution in [-0.2, 0) is 4.74 Å². The normalized spacial score (nSPS) is 12.5. The molecule has 0 heterocycles. The summed E-state index contributed by atoms with van der Waals surface area (Å²) in [6.45, 7) is 2.81. The SMILES string of the molecule is CCC(COC)Nc1ccccc1Cl. The van der Waals surface area contributed by atoms with E-state index in [0.29, 0.717) is 12.6 Å². The molecular weight excluding hydrogens is 198 g/mol. The van der Waals surface area contributed by atoms with Gasteiger partial charge in [0.2, 0.25) is 0 Å². The van der Waals surface area contributed by atoms with Crippen LogP contribution in [0.2, 0.25) is 5.02 Å². The van der Waals surface area contributed by atoms with Crippen LogP contribution in [0, 0.1) is 0 Å². The highest BCUT2D eigenvalue weighted by molar-refractivity contribution is 6.33. The van der Waals surface area contributed by atoms with Crippen molar-refractivity contribution in [3.05, 3.63) is 29.3 Å². The Hall–Kier alpha value is -0.730. The summed E-state index contributed by atoms with van der Waals surface area (Å²) in [4.78, 5) is 0. The predicted octanol–water partition coefficient (Wildman–Crippen LogP) is 3.18. The van der Waals surface area contributed by atoms with Crippen molar-refractivity contribution >= 4 is 17.3 Å². The molecular formula is C11H16ClNO. The van der Waals surface area contributed by atoms with Gasteiger partial charge >= 0.3 is 0 Å². The summed E-state index contributed by atoms with van der Waals surface area (Å²) < 4.78 is 5.10. The number of nitrogens with one attached hydrogen (secondary N) is 1. The molecule has 2 nitrogen and oxygen atoms in total. The van der Waals surface area contributed by atoms with Crippen LogP contribution in [0.4, 0.5) is 5.69 Å². The minimum Gasteiger partial charge on any atom is -0.383 e. The Labute approximate surface area is 90.2 Å². The van der Waals surface area contributed by atoms with E-state index in [1.165, 1.54) is 0 Å². The summed E-state index contributed by atoms with van der Waals surface area (Å²) in [6, 6.07) is 8.06. The van der Waals surface area contributed by atoms with E-state index in [0.717, 1.165) is 17.1 Å². The minimum absolute atomic E-state index is 0.319. The van der Waals surface area contributed by atoms with Crippen molar-refractivity contribution in [2.75, 3.05) is 19.0 Å². The Morgan fingerprint density at radius 3 is 2.71 bits per heavy atom. The molecule has 0 saturated carbocycles. The molecule has 14 heavy (non-hydrogen) atoms. The fourth-order valence-corrected chi connectivity index (χ4v) is 1.45. The summed E-state index contributed by atoms with van der Waals surface area (Å²) in [5.74, 6) is 0. The number of methoxy groups -OCH3 is 1. The van der Waals surface area contributed by atoms with E-state index in [1.807, 2.05) is 24.3 Å². The van der Waals surface area contributed by atoms with Gasteiger partial charge in [-0.15, -0.1) is 0 Å². The highest BCUT2D eigenvalue weighted by atomic mass is 35.5. The van der Waals surface area contributed by atoms with Crippen LogP contribution < -0.4 is 5.32 Å². The predicted molar refractivity (Wildman–Crippen MR) is 61.0 cm³/mol. The summed E-state index contributed by atoms with van der Waals surface area (Å²) in [7, 11) is 1.71. The Kier molecular flexibility index (Phi) is 4.77. The third-order valence-corrected chi connectivity index (χ3v) is 2.42. The molecule has 1 atom stereocenters. The number of rotatable bonds is 5. The first-order valence-electron chi connectivity index (χ1n) is 4.78. The third kappa shape index (κ3) is 3.20. The summed E-state index contributed by atoms with van der Waals surface area (Å²) >= 11 is 6.02. The second kappa shape index (κ2) is 5.89. The number of hydrogen-bond donors (Lipinski definition) is 1. The van der Waals surface area contributed by atoms with Gasteiger partial charge in [0.05, 0.1) is 17.3 Å². The van der Waals surface area contributed by atoms with E-state index in [2.05, 4.69) is 12.2 Å². The van der Waals surface area contributed by atoms with E-state index < -0.39 is 0 Å². The Balaban J connectivity index is 2.62. The lowest BCUT2D eigenvalue weighted by Crippen LogP contribution is -2.23. The number of benzene rings is 1. The Morgan fingerprint density at radius 1 is 1.43 bits per heavy atom. The van der Waals surface area contributed by atoms with Gasteiger partial charge in [-0.1, -0.05) is 30.7 Å². The van der Waals surface area contributed by atoms with E-state index in [9.17, 15) is 0 Å². The maximum absolute atomic E-state index is 6.02. The van der Waals surface area contributed by atoms with Crippen LogP contribution in [0.1, 0.15) is 13.3 Å². The van der Waals surface area contributed by atoms with Gasteiger partial charge in [0, 0.05) is 13.2 Å². The van der Waals surface area contributed by atoms with Gasteiger partial charge in [-0.05, 0) is 18.6 Å². The molecule has 0 fully saturated rings. The molecule has 1 rings (SSSR count). The van der Waals surface area contributed by atoms with Gasteiger partial charge < -0.3 is 10.1 Å². The molecule has 3 heteroatoms. The average Bonchev–Trinajstić information content (AvgIpc) is 2.20. The molecule has 0 aliphatic rings. The highest BCUT2D eigenvalue weighted by Crippen LogP contribution is 2.21. The maximum Gasteiger partial charge on any atom is 0.0663 e. The fraction of sp³-hybridized carbons (Fsp3) is 0.455. The first-order valence-corrected chi connectivity index (χ1v) is 5.15. The third-order valence-electron chi connectivity index (χ3n) is 2.09. The van der Waals surface area contributed by atoms with Crippen molar-refractivity contribution in [1.82, 2.24) is 0 Å². The lowest BCUT2D eigenvalue weighted by Gasteiger charge is -2.17. The van der Waals surface area contributed by atoms with Crippen LogP contribution in [0.25, 0.3) is 0 Å². The summed E-state index contributed by atoms with van der Waals surface area (Å²) in [5.41, 5.74) is 0.970. The summed E-state index contributed by atoms with van der Waals surface area (Å²) in [6.07, 6.45) is 1.01. The van der Waals surface area contributed by atoms with Gasteiger partial charge in [-0.25, -0.2) is 0 Å². The van der Waals surface area contributed by atoms with Crippen molar-refractivity contribution in [3.63, 3.8) is 0 Å². The van der Waals surface area contributed by atoms with Gasteiger partial charge in [0.1, 0.15) is 0 Å². The topological polar surface area (TPSA) is 21.3 Å². The monoisotopic (exact) mass is 213 g/mol. The second-order valence-electron chi connectivity index (χ2n) is 3.18. The van der Waals surface area contributed by atoms with E-state index >= 15 is 0 Å². The second-order valence-corrected chi connectivity index (χ2v) is 3.59. The zero-order valence-electron chi connectivity index (χ0n) is 8.59. The van der Waals surface area contributed by atoms with Crippen LogP contribution in [-0.4, -0.2) is 19.8 Å². The fourth-order valence-electron chi connectivity index (χ4n) is 1.26. The molecule has 0 aromatic heterocycles. The molecule has 0 radical (unpaired) electrons. The molecule has 1 N–H and O–H groups in total. The molecule has 0 aliphatic carbocycles. The first-order chi connectivity index (χ1) is 6.77. The number of ether oxygens (including phenoxy) is 1. The average molecular weight is 214 g/mol. The molecule has 0 spiro atoms. The van der Waals surface area contributed by atoms with Gasteiger partial charge in [-0.3, -0.25) is 0 Å².